The summed E-state index contributed by atoms with van der Waals surface area (Å²) in [6.07, 6.45) is 4.72. The summed E-state index contributed by atoms with van der Waals surface area (Å²) < 4.78 is 0. The van der Waals surface area contributed by atoms with E-state index in [0.29, 0.717) is 0 Å². The van der Waals surface area contributed by atoms with Gasteiger partial charge in [-0.15, -0.1) is 0 Å². The summed E-state index contributed by atoms with van der Waals surface area (Å²) in [6, 6.07) is 12.4. The number of nitrogens with zero attached hydrogens (tertiary/aromatic N) is 1. The summed E-state index contributed by atoms with van der Waals surface area (Å²) >= 11 is 0. The lowest BCUT2D eigenvalue weighted by Crippen LogP contribution is -2.05. The first kappa shape index (κ1) is 10.7. The van der Waals surface area contributed by atoms with Gasteiger partial charge in [-0.3, -0.25) is 4.98 Å². The zero-order chi connectivity index (χ0) is 11.2. The molecule has 1 heterocycles. The van der Waals surface area contributed by atoms with Crippen LogP contribution >= 0.6 is 0 Å². The van der Waals surface area contributed by atoms with E-state index in [2.05, 4.69) is 47.6 Å². The molecule has 0 saturated carbocycles. The highest BCUT2D eigenvalue weighted by Crippen LogP contribution is 2.12. The Morgan fingerprint density at radius 1 is 1.12 bits per heavy atom. The summed E-state index contributed by atoms with van der Waals surface area (Å²) in [5.74, 6) is 0. The van der Waals surface area contributed by atoms with Crippen LogP contribution in [-0.2, 0) is 6.42 Å². The summed E-state index contributed by atoms with van der Waals surface area (Å²) in [6.45, 7) is 3.06. The Balaban J connectivity index is 1.87. The summed E-state index contributed by atoms with van der Waals surface area (Å²) in [4.78, 5) is 4.10. The minimum atomic E-state index is 0.941. The van der Waals surface area contributed by atoms with Crippen LogP contribution in [0.4, 0.5) is 5.69 Å². The fraction of sp³-hybridized carbons (Fsp3) is 0.214. The SMILES string of the molecule is Cc1ccccc1NCCc1cccnc1. The van der Waals surface area contributed by atoms with Crippen LogP contribution in [0.15, 0.2) is 48.8 Å². The number of nitrogens with one attached hydrogen (secondary N) is 1. The van der Waals surface area contributed by atoms with Gasteiger partial charge in [-0.25, -0.2) is 0 Å². The molecule has 82 valence electrons. The molecule has 0 saturated heterocycles. The van der Waals surface area contributed by atoms with E-state index in [1.54, 1.807) is 6.20 Å². The van der Waals surface area contributed by atoms with E-state index in [9.17, 15) is 0 Å². The number of para-hydroxylation sites is 1. The van der Waals surface area contributed by atoms with Gasteiger partial charge in [0.25, 0.3) is 0 Å². The van der Waals surface area contributed by atoms with Crippen LogP contribution in [0.5, 0.6) is 0 Å². The second-order valence-electron chi connectivity index (χ2n) is 3.85. The van der Waals surface area contributed by atoms with Crippen LogP contribution in [0.2, 0.25) is 0 Å². The third-order valence-electron chi connectivity index (χ3n) is 2.60. The van der Waals surface area contributed by atoms with Gasteiger partial charge < -0.3 is 5.32 Å². The van der Waals surface area contributed by atoms with Crippen molar-refractivity contribution in [1.82, 2.24) is 4.98 Å². The molecule has 16 heavy (non-hydrogen) atoms. The summed E-state index contributed by atoms with van der Waals surface area (Å²) in [7, 11) is 0. The highest BCUT2D eigenvalue weighted by Gasteiger charge is 1.96. The van der Waals surface area contributed by atoms with E-state index in [1.807, 2.05) is 12.3 Å². The molecular formula is C14H16N2. The molecule has 1 aromatic carbocycles. The Morgan fingerprint density at radius 2 is 2.00 bits per heavy atom. The number of hydrogen-bond donors (Lipinski definition) is 1. The quantitative estimate of drug-likeness (QED) is 0.842. The van der Waals surface area contributed by atoms with Crippen molar-refractivity contribution in [1.29, 1.82) is 0 Å². The Morgan fingerprint density at radius 3 is 2.75 bits per heavy atom. The number of rotatable bonds is 4. The molecule has 0 fully saturated rings. The molecule has 0 unspecified atom stereocenters. The van der Waals surface area contributed by atoms with Crippen LogP contribution in [0.1, 0.15) is 11.1 Å². The zero-order valence-electron chi connectivity index (χ0n) is 9.48. The van der Waals surface area contributed by atoms with Gasteiger partial charge in [-0.2, -0.15) is 0 Å². The van der Waals surface area contributed by atoms with E-state index >= 15 is 0 Å². The number of aromatic nitrogens is 1. The number of benzene rings is 1. The molecule has 2 heteroatoms. The van der Waals surface area contributed by atoms with Gasteiger partial charge >= 0.3 is 0 Å². The zero-order valence-corrected chi connectivity index (χ0v) is 9.48. The average molecular weight is 212 g/mol. The van der Waals surface area contributed by atoms with Gasteiger partial charge in [0.1, 0.15) is 0 Å². The molecule has 0 spiro atoms. The molecule has 1 N–H and O–H groups in total. The van der Waals surface area contributed by atoms with Gasteiger partial charge in [-0.05, 0) is 36.6 Å². The average Bonchev–Trinajstić information content (AvgIpc) is 2.33. The maximum absolute atomic E-state index is 4.10. The molecule has 0 radical (unpaired) electrons. The maximum Gasteiger partial charge on any atom is 0.0369 e. The summed E-state index contributed by atoms with van der Waals surface area (Å²) in [5, 5.41) is 3.43. The van der Waals surface area contributed by atoms with Crippen LogP contribution in [0, 0.1) is 6.92 Å². The van der Waals surface area contributed by atoms with E-state index in [0.717, 1.165) is 13.0 Å². The number of aryl methyl sites for hydroxylation is 1. The Kier molecular flexibility index (Phi) is 3.54. The molecule has 0 bridgehead atoms. The van der Waals surface area contributed by atoms with Crippen molar-refractivity contribution >= 4 is 5.69 Å². The highest BCUT2D eigenvalue weighted by molar-refractivity contribution is 5.50. The first-order valence-electron chi connectivity index (χ1n) is 5.54. The molecule has 2 nitrogen and oxygen atoms in total. The predicted molar refractivity (Wildman–Crippen MR) is 67.6 cm³/mol. The minimum Gasteiger partial charge on any atom is -0.384 e. The Labute approximate surface area is 96.4 Å². The number of anilines is 1. The third kappa shape index (κ3) is 2.83. The van der Waals surface area contributed by atoms with Crippen LogP contribution < -0.4 is 5.32 Å². The van der Waals surface area contributed by atoms with E-state index in [1.165, 1.54) is 16.8 Å². The van der Waals surface area contributed by atoms with Crippen molar-refractivity contribution in [3.05, 3.63) is 59.9 Å². The second-order valence-corrected chi connectivity index (χ2v) is 3.85. The minimum absolute atomic E-state index is 0.941. The molecule has 0 amide bonds. The smallest absolute Gasteiger partial charge is 0.0369 e. The van der Waals surface area contributed by atoms with Gasteiger partial charge in [0.15, 0.2) is 0 Å². The monoisotopic (exact) mass is 212 g/mol. The number of hydrogen-bond acceptors (Lipinski definition) is 2. The molecule has 1 aromatic heterocycles. The maximum atomic E-state index is 4.10. The van der Waals surface area contributed by atoms with Gasteiger partial charge in [0, 0.05) is 24.6 Å². The Bertz CT molecular complexity index is 437. The van der Waals surface area contributed by atoms with E-state index in [4.69, 9.17) is 0 Å². The van der Waals surface area contributed by atoms with Crippen molar-refractivity contribution in [2.45, 2.75) is 13.3 Å². The first-order valence-corrected chi connectivity index (χ1v) is 5.54. The molecule has 0 aliphatic carbocycles. The normalized spacial score (nSPS) is 10.1. The van der Waals surface area contributed by atoms with Crippen molar-refractivity contribution < 1.29 is 0 Å². The lowest BCUT2D eigenvalue weighted by molar-refractivity contribution is 1.00. The topological polar surface area (TPSA) is 24.9 Å². The largest absolute Gasteiger partial charge is 0.384 e. The summed E-state index contributed by atoms with van der Waals surface area (Å²) in [5.41, 5.74) is 3.77. The van der Waals surface area contributed by atoms with Gasteiger partial charge in [-0.1, -0.05) is 24.3 Å². The van der Waals surface area contributed by atoms with Crippen molar-refractivity contribution in [2.75, 3.05) is 11.9 Å². The fourth-order valence-corrected chi connectivity index (χ4v) is 1.66. The lowest BCUT2D eigenvalue weighted by Gasteiger charge is -2.08. The van der Waals surface area contributed by atoms with Crippen molar-refractivity contribution in [3.63, 3.8) is 0 Å². The van der Waals surface area contributed by atoms with Crippen LogP contribution in [0.3, 0.4) is 0 Å². The molecule has 0 aliphatic heterocycles. The highest BCUT2D eigenvalue weighted by atomic mass is 14.9. The van der Waals surface area contributed by atoms with Gasteiger partial charge in [0.05, 0.1) is 0 Å². The van der Waals surface area contributed by atoms with E-state index in [-0.39, 0.29) is 0 Å². The molecule has 0 aliphatic rings. The molecule has 2 aromatic rings. The molecule has 2 rings (SSSR count). The van der Waals surface area contributed by atoms with Crippen molar-refractivity contribution in [2.24, 2.45) is 0 Å². The van der Waals surface area contributed by atoms with Gasteiger partial charge in [0.2, 0.25) is 0 Å². The third-order valence-corrected chi connectivity index (χ3v) is 2.60. The molecular weight excluding hydrogens is 196 g/mol. The predicted octanol–water partition coefficient (Wildman–Crippen LogP) is 3.04. The lowest BCUT2D eigenvalue weighted by atomic mass is 10.2. The Hall–Kier alpha value is -1.83. The van der Waals surface area contributed by atoms with Crippen LogP contribution in [-0.4, -0.2) is 11.5 Å². The molecule has 0 atom stereocenters. The van der Waals surface area contributed by atoms with E-state index < -0.39 is 0 Å². The first-order chi connectivity index (χ1) is 7.86. The second kappa shape index (κ2) is 5.31. The number of pyridine rings is 1. The standard InChI is InChI=1S/C14H16N2/c1-12-5-2-3-7-14(12)16-10-8-13-6-4-9-15-11-13/h2-7,9,11,16H,8,10H2,1H3. The fourth-order valence-electron chi connectivity index (χ4n) is 1.66. The van der Waals surface area contributed by atoms with Crippen molar-refractivity contribution in [3.8, 4) is 0 Å². The van der Waals surface area contributed by atoms with Crippen LogP contribution in [0.25, 0.3) is 0 Å².